The molecule has 0 bridgehead atoms. The number of ether oxygens (including phenoxy) is 1. The zero-order chi connectivity index (χ0) is 15.2. The first-order chi connectivity index (χ1) is 10.7. The van der Waals surface area contributed by atoms with Gasteiger partial charge in [0.2, 0.25) is 0 Å². The minimum Gasteiger partial charge on any atom is -0.450 e. The maximum Gasteiger partial charge on any atom is 0.341 e. The van der Waals surface area contributed by atoms with E-state index in [1.54, 1.807) is 18.3 Å². The van der Waals surface area contributed by atoms with Gasteiger partial charge in [0.15, 0.2) is 0 Å². The van der Waals surface area contributed by atoms with Gasteiger partial charge in [-0.3, -0.25) is 4.98 Å². The van der Waals surface area contributed by atoms with Crippen LogP contribution in [-0.2, 0) is 10.3 Å². The van der Waals surface area contributed by atoms with E-state index in [4.69, 9.17) is 4.74 Å². The molecule has 4 heteroatoms. The maximum absolute atomic E-state index is 13.1. The molecule has 0 radical (unpaired) electrons. The highest BCUT2D eigenvalue weighted by Crippen LogP contribution is 2.48. The van der Waals surface area contributed by atoms with Gasteiger partial charge >= 0.3 is 5.97 Å². The lowest BCUT2D eigenvalue weighted by atomic mass is 9.79. The molecule has 2 aromatic rings. The van der Waals surface area contributed by atoms with E-state index in [9.17, 15) is 9.18 Å². The van der Waals surface area contributed by atoms with Gasteiger partial charge in [0.1, 0.15) is 11.4 Å². The number of esters is 1. The molecule has 0 atom stereocenters. The molecule has 1 fully saturated rings. The van der Waals surface area contributed by atoms with E-state index in [1.165, 1.54) is 18.6 Å². The predicted molar refractivity (Wildman–Crippen MR) is 79.8 cm³/mol. The van der Waals surface area contributed by atoms with Crippen LogP contribution in [0.4, 0.5) is 4.39 Å². The Kier molecular flexibility index (Phi) is 2.99. The van der Waals surface area contributed by atoms with Crippen LogP contribution in [0.3, 0.4) is 0 Å². The predicted octanol–water partition coefficient (Wildman–Crippen LogP) is 4.22. The molecule has 0 amide bonds. The quantitative estimate of drug-likeness (QED) is 0.740. The standard InChI is InChI=1S/C18H16FNO2/c19-13-6-4-12(5-7-13)16-15-14(8-11-20-16)18(22-17(15)21)9-2-1-3-10-18/h4-8,11H,1-3,9-10H2. The molecule has 2 heterocycles. The summed E-state index contributed by atoms with van der Waals surface area (Å²) < 4.78 is 18.9. The van der Waals surface area contributed by atoms with Crippen molar-refractivity contribution in [2.24, 2.45) is 0 Å². The molecule has 1 aromatic heterocycles. The fraction of sp³-hybridized carbons (Fsp3) is 0.333. The minimum atomic E-state index is -0.470. The van der Waals surface area contributed by atoms with Crippen LogP contribution in [0.1, 0.15) is 48.0 Å². The molecule has 2 aliphatic rings. The van der Waals surface area contributed by atoms with Gasteiger partial charge in [-0.15, -0.1) is 0 Å². The zero-order valence-electron chi connectivity index (χ0n) is 12.1. The van der Waals surface area contributed by atoms with Gasteiger partial charge in [0, 0.05) is 17.3 Å². The normalized spacial score (nSPS) is 19.0. The second kappa shape index (κ2) is 4.90. The Hall–Kier alpha value is -2.23. The number of hydrogen-bond donors (Lipinski definition) is 0. The lowest BCUT2D eigenvalue weighted by Gasteiger charge is -2.32. The first kappa shape index (κ1) is 13.4. The molecule has 1 aliphatic heterocycles. The number of rotatable bonds is 1. The van der Waals surface area contributed by atoms with Crippen molar-refractivity contribution in [1.82, 2.24) is 4.98 Å². The molecule has 0 N–H and O–H groups in total. The largest absolute Gasteiger partial charge is 0.450 e. The molecule has 0 saturated heterocycles. The summed E-state index contributed by atoms with van der Waals surface area (Å²) in [5.74, 6) is -0.605. The third kappa shape index (κ3) is 1.94. The molecule has 1 saturated carbocycles. The maximum atomic E-state index is 13.1. The number of halogens is 1. The van der Waals surface area contributed by atoms with Crippen molar-refractivity contribution >= 4 is 5.97 Å². The summed E-state index contributed by atoms with van der Waals surface area (Å²) in [4.78, 5) is 16.8. The van der Waals surface area contributed by atoms with Crippen LogP contribution in [0.5, 0.6) is 0 Å². The van der Waals surface area contributed by atoms with Crippen LogP contribution >= 0.6 is 0 Å². The van der Waals surface area contributed by atoms with Gasteiger partial charge in [0.25, 0.3) is 0 Å². The van der Waals surface area contributed by atoms with E-state index < -0.39 is 5.60 Å². The fourth-order valence-corrected chi connectivity index (χ4v) is 3.65. The fourth-order valence-electron chi connectivity index (χ4n) is 3.65. The van der Waals surface area contributed by atoms with Crippen LogP contribution in [0.2, 0.25) is 0 Å². The lowest BCUT2D eigenvalue weighted by Crippen LogP contribution is -2.28. The van der Waals surface area contributed by atoms with Crippen LogP contribution in [0.15, 0.2) is 36.5 Å². The summed E-state index contributed by atoms with van der Waals surface area (Å²) in [7, 11) is 0. The van der Waals surface area contributed by atoms with Crippen LogP contribution < -0.4 is 0 Å². The average Bonchev–Trinajstić information content (AvgIpc) is 2.81. The Balaban J connectivity index is 1.87. The SMILES string of the molecule is O=C1OC2(CCCCC2)c2ccnc(-c3ccc(F)cc3)c21. The summed E-state index contributed by atoms with van der Waals surface area (Å²) in [5.41, 5.74) is 2.36. The van der Waals surface area contributed by atoms with Crippen molar-refractivity contribution in [2.45, 2.75) is 37.7 Å². The molecular formula is C18H16FNO2. The zero-order valence-corrected chi connectivity index (χ0v) is 12.1. The number of fused-ring (bicyclic) bond motifs is 2. The highest BCUT2D eigenvalue weighted by Gasteiger charge is 2.47. The molecule has 22 heavy (non-hydrogen) atoms. The molecular weight excluding hydrogens is 281 g/mol. The molecule has 112 valence electrons. The highest BCUT2D eigenvalue weighted by atomic mass is 19.1. The number of aromatic nitrogens is 1. The van der Waals surface area contributed by atoms with Crippen molar-refractivity contribution in [1.29, 1.82) is 0 Å². The first-order valence-corrected chi connectivity index (χ1v) is 7.68. The van der Waals surface area contributed by atoms with Crippen LogP contribution in [-0.4, -0.2) is 11.0 Å². The number of pyridine rings is 1. The number of benzene rings is 1. The van der Waals surface area contributed by atoms with Crippen molar-refractivity contribution in [2.75, 3.05) is 0 Å². The highest BCUT2D eigenvalue weighted by molar-refractivity contribution is 6.00. The van der Waals surface area contributed by atoms with Crippen molar-refractivity contribution in [3.63, 3.8) is 0 Å². The van der Waals surface area contributed by atoms with Gasteiger partial charge in [-0.05, 0) is 56.0 Å². The third-order valence-corrected chi connectivity index (χ3v) is 4.71. The Morgan fingerprint density at radius 1 is 1.05 bits per heavy atom. The van der Waals surface area contributed by atoms with Gasteiger partial charge in [-0.1, -0.05) is 6.42 Å². The van der Waals surface area contributed by atoms with E-state index in [0.29, 0.717) is 11.3 Å². The summed E-state index contributed by atoms with van der Waals surface area (Å²) >= 11 is 0. The van der Waals surface area contributed by atoms with Gasteiger partial charge in [-0.2, -0.15) is 0 Å². The topological polar surface area (TPSA) is 39.2 Å². The number of nitrogens with zero attached hydrogens (tertiary/aromatic N) is 1. The van der Waals surface area contributed by atoms with Crippen molar-refractivity contribution in [3.05, 3.63) is 53.5 Å². The molecule has 0 unspecified atom stereocenters. The summed E-state index contributed by atoms with van der Waals surface area (Å²) in [5, 5.41) is 0. The molecule has 1 aromatic carbocycles. The molecule has 1 spiro atoms. The first-order valence-electron chi connectivity index (χ1n) is 7.68. The molecule has 1 aliphatic carbocycles. The average molecular weight is 297 g/mol. The second-order valence-corrected chi connectivity index (χ2v) is 6.03. The Labute approximate surface area is 128 Å². The van der Waals surface area contributed by atoms with E-state index in [-0.39, 0.29) is 11.8 Å². The molecule has 3 nitrogen and oxygen atoms in total. The number of carbonyl (C=O) groups excluding carboxylic acids is 1. The van der Waals surface area contributed by atoms with Gasteiger partial charge in [0.05, 0.1) is 11.3 Å². The van der Waals surface area contributed by atoms with Gasteiger partial charge < -0.3 is 4.74 Å². The monoisotopic (exact) mass is 297 g/mol. The molecule has 4 rings (SSSR count). The van der Waals surface area contributed by atoms with Crippen molar-refractivity contribution in [3.8, 4) is 11.3 Å². The second-order valence-electron chi connectivity index (χ2n) is 6.03. The smallest absolute Gasteiger partial charge is 0.341 e. The minimum absolute atomic E-state index is 0.302. The van der Waals surface area contributed by atoms with Crippen LogP contribution in [0, 0.1) is 5.82 Å². The summed E-state index contributed by atoms with van der Waals surface area (Å²) in [6.07, 6.45) is 6.79. The summed E-state index contributed by atoms with van der Waals surface area (Å²) in [6, 6.07) is 7.97. The van der Waals surface area contributed by atoms with Crippen LogP contribution in [0.25, 0.3) is 11.3 Å². The van der Waals surface area contributed by atoms with E-state index >= 15 is 0 Å². The lowest BCUT2D eigenvalue weighted by molar-refractivity contribution is -0.0280. The Morgan fingerprint density at radius 2 is 1.77 bits per heavy atom. The van der Waals surface area contributed by atoms with E-state index in [1.807, 2.05) is 6.07 Å². The van der Waals surface area contributed by atoms with E-state index in [2.05, 4.69) is 4.98 Å². The Bertz CT molecular complexity index is 733. The Morgan fingerprint density at radius 3 is 2.50 bits per heavy atom. The summed E-state index contributed by atoms with van der Waals surface area (Å²) in [6.45, 7) is 0. The third-order valence-electron chi connectivity index (χ3n) is 4.71. The van der Waals surface area contributed by atoms with Gasteiger partial charge in [-0.25, -0.2) is 9.18 Å². The van der Waals surface area contributed by atoms with E-state index in [0.717, 1.165) is 36.8 Å². The number of carbonyl (C=O) groups is 1. The van der Waals surface area contributed by atoms with Crippen molar-refractivity contribution < 1.29 is 13.9 Å². The number of hydrogen-bond acceptors (Lipinski definition) is 3.